The van der Waals surface area contributed by atoms with Gasteiger partial charge in [-0.1, -0.05) is 37.1 Å². The van der Waals surface area contributed by atoms with Crippen molar-refractivity contribution in [3.05, 3.63) is 23.8 Å². The maximum Gasteiger partial charge on any atom is -0.0259 e. The highest BCUT2D eigenvalue weighted by Crippen LogP contribution is 2.23. The third-order valence-corrected chi connectivity index (χ3v) is 2.33. The van der Waals surface area contributed by atoms with Gasteiger partial charge in [0, 0.05) is 0 Å². The smallest absolute Gasteiger partial charge is 0.0259 e. The zero-order valence-electron chi connectivity index (χ0n) is 7.69. The molecular weight excluding hydrogens is 132 g/mol. The highest BCUT2D eigenvalue weighted by molar-refractivity contribution is 5.20. The molecule has 0 saturated heterocycles. The maximum atomic E-state index is 4.04. The SMILES string of the molecule is C=C1/C=C(/C)CCCC(C)C1. The van der Waals surface area contributed by atoms with Crippen molar-refractivity contribution < 1.29 is 0 Å². The van der Waals surface area contributed by atoms with Crippen LogP contribution in [0.25, 0.3) is 0 Å². The molecule has 0 fully saturated rings. The fraction of sp³-hybridized carbons (Fsp3) is 0.636. The summed E-state index contributed by atoms with van der Waals surface area (Å²) < 4.78 is 0. The van der Waals surface area contributed by atoms with Crippen LogP contribution in [0.3, 0.4) is 0 Å². The number of allylic oxidation sites excluding steroid dienone is 3. The van der Waals surface area contributed by atoms with Crippen molar-refractivity contribution in [2.45, 2.75) is 39.5 Å². The topological polar surface area (TPSA) is 0 Å². The molecule has 0 heterocycles. The van der Waals surface area contributed by atoms with E-state index in [-0.39, 0.29) is 0 Å². The summed E-state index contributed by atoms with van der Waals surface area (Å²) in [6, 6.07) is 0. The normalized spacial score (nSPS) is 32.0. The van der Waals surface area contributed by atoms with Crippen LogP contribution in [0.2, 0.25) is 0 Å². The van der Waals surface area contributed by atoms with E-state index in [9.17, 15) is 0 Å². The van der Waals surface area contributed by atoms with Crippen molar-refractivity contribution in [2.24, 2.45) is 5.92 Å². The van der Waals surface area contributed by atoms with E-state index in [1.165, 1.54) is 36.8 Å². The molecule has 0 aromatic rings. The van der Waals surface area contributed by atoms with Gasteiger partial charge in [0.25, 0.3) is 0 Å². The molecule has 0 amide bonds. The number of hydrogen-bond donors (Lipinski definition) is 0. The van der Waals surface area contributed by atoms with Crippen molar-refractivity contribution >= 4 is 0 Å². The Hall–Kier alpha value is -0.520. The van der Waals surface area contributed by atoms with Gasteiger partial charge in [0.15, 0.2) is 0 Å². The van der Waals surface area contributed by atoms with Gasteiger partial charge in [-0.25, -0.2) is 0 Å². The summed E-state index contributed by atoms with van der Waals surface area (Å²) in [5.41, 5.74) is 2.82. The molecule has 1 rings (SSSR count). The summed E-state index contributed by atoms with van der Waals surface area (Å²) in [6.45, 7) is 8.57. The van der Waals surface area contributed by atoms with Gasteiger partial charge in [-0.3, -0.25) is 0 Å². The van der Waals surface area contributed by atoms with E-state index in [2.05, 4.69) is 26.5 Å². The molecule has 1 aliphatic carbocycles. The lowest BCUT2D eigenvalue weighted by molar-refractivity contribution is 0.502. The predicted octanol–water partition coefficient (Wildman–Crippen LogP) is 3.70. The van der Waals surface area contributed by atoms with Gasteiger partial charge in [-0.2, -0.15) is 0 Å². The molecule has 11 heavy (non-hydrogen) atoms. The molecule has 0 saturated carbocycles. The van der Waals surface area contributed by atoms with Crippen molar-refractivity contribution in [2.75, 3.05) is 0 Å². The van der Waals surface area contributed by atoms with E-state index in [1.807, 2.05) is 0 Å². The van der Waals surface area contributed by atoms with Crippen LogP contribution in [0, 0.1) is 5.92 Å². The molecule has 0 aromatic heterocycles. The van der Waals surface area contributed by atoms with Crippen LogP contribution in [0.5, 0.6) is 0 Å². The Morgan fingerprint density at radius 3 is 3.00 bits per heavy atom. The molecule has 0 bridgehead atoms. The lowest BCUT2D eigenvalue weighted by Gasteiger charge is -2.15. The Labute approximate surface area is 70.0 Å². The minimum absolute atomic E-state index is 0.840. The van der Waals surface area contributed by atoms with Gasteiger partial charge in [0.05, 0.1) is 0 Å². The summed E-state index contributed by atoms with van der Waals surface area (Å²) >= 11 is 0. The molecule has 1 aliphatic rings. The molecular formula is C11H18. The largest absolute Gasteiger partial charge is 0.0958 e. The quantitative estimate of drug-likeness (QED) is 0.494. The van der Waals surface area contributed by atoms with Crippen molar-refractivity contribution in [1.82, 2.24) is 0 Å². The molecule has 0 nitrogen and oxygen atoms in total. The first kappa shape index (κ1) is 8.58. The second-order valence-corrected chi connectivity index (χ2v) is 3.85. The van der Waals surface area contributed by atoms with Crippen LogP contribution < -0.4 is 0 Å². The van der Waals surface area contributed by atoms with Gasteiger partial charge < -0.3 is 0 Å². The maximum absolute atomic E-state index is 4.04. The first-order valence-electron chi connectivity index (χ1n) is 4.53. The Bertz CT molecular complexity index is 174. The van der Waals surface area contributed by atoms with E-state index in [1.54, 1.807) is 0 Å². The Morgan fingerprint density at radius 2 is 2.27 bits per heavy atom. The average molecular weight is 150 g/mol. The molecule has 0 N–H and O–H groups in total. The zero-order chi connectivity index (χ0) is 8.27. The highest BCUT2D eigenvalue weighted by atomic mass is 14.1. The van der Waals surface area contributed by atoms with Crippen LogP contribution in [-0.4, -0.2) is 0 Å². The van der Waals surface area contributed by atoms with E-state index in [0.29, 0.717) is 0 Å². The van der Waals surface area contributed by atoms with Gasteiger partial charge >= 0.3 is 0 Å². The Balaban J connectivity index is 2.60. The molecule has 0 aromatic carbocycles. The predicted molar refractivity (Wildman–Crippen MR) is 50.5 cm³/mol. The van der Waals surface area contributed by atoms with Crippen LogP contribution >= 0.6 is 0 Å². The van der Waals surface area contributed by atoms with Crippen molar-refractivity contribution in [3.8, 4) is 0 Å². The fourth-order valence-electron chi connectivity index (χ4n) is 1.76. The minimum atomic E-state index is 0.840. The molecule has 0 spiro atoms. The Kier molecular flexibility index (Phi) is 2.92. The van der Waals surface area contributed by atoms with Gasteiger partial charge in [-0.05, 0) is 32.1 Å². The molecule has 0 heteroatoms. The molecule has 1 atom stereocenters. The standard InChI is InChI=1S/C11H18/c1-9-5-4-6-10(2)8-11(3)7-9/h7,10H,3-6,8H2,1-2H3/b9-7-. The molecule has 1 unspecified atom stereocenters. The number of hydrogen-bond acceptors (Lipinski definition) is 0. The summed E-state index contributed by atoms with van der Waals surface area (Å²) in [6.07, 6.45) is 7.44. The minimum Gasteiger partial charge on any atom is -0.0958 e. The van der Waals surface area contributed by atoms with Gasteiger partial charge in [0.1, 0.15) is 0 Å². The first-order chi connectivity index (χ1) is 5.18. The lowest BCUT2D eigenvalue weighted by atomic mass is 9.91. The van der Waals surface area contributed by atoms with Crippen LogP contribution in [-0.2, 0) is 0 Å². The Morgan fingerprint density at radius 1 is 1.55 bits per heavy atom. The van der Waals surface area contributed by atoms with Crippen LogP contribution in [0.4, 0.5) is 0 Å². The lowest BCUT2D eigenvalue weighted by Crippen LogP contribution is -1.99. The zero-order valence-corrected chi connectivity index (χ0v) is 7.69. The highest BCUT2D eigenvalue weighted by Gasteiger charge is 2.06. The van der Waals surface area contributed by atoms with Gasteiger partial charge in [0.2, 0.25) is 0 Å². The van der Waals surface area contributed by atoms with Crippen LogP contribution in [0.1, 0.15) is 39.5 Å². The summed E-state index contributed by atoms with van der Waals surface area (Å²) in [4.78, 5) is 0. The van der Waals surface area contributed by atoms with Crippen molar-refractivity contribution in [1.29, 1.82) is 0 Å². The van der Waals surface area contributed by atoms with Crippen LogP contribution in [0.15, 0.2) is 23.8 Å². The average Bonchev–Trinajstić information content (AvgIpc) is 1.83. The monoisotopic (exact) mass is 150 g/mol. The van der Waals surface area contributed by atoms with Crippen molar-refractivity contribution in [3.63, 3.8) is 0 Å². The third-order valence-electron chi connectivity index (χ3n) is 2.33. The number of rotatable bonds is 0. The van der Waals surface area contributed by atoms with Gasteiger partial charge in [-0.15, -0.1) is 0 Å². The summed E-state index contributed by atoms with van der Waals surface area (Å²) in [5, 5.41) is 0. The fourth-order valence-corrected chi connectivity index (χ4v) is 1.76. The molecule has 0 aliphatic heterocycles. The summed E-state index contributed by atoms with van der Waals surface area (Å²) in [7, 11) is 0. The molecule has 0 radical (unpaired) electrons. The van der Waals surface area contributed by atoms with E-state index >= 15 is 0 Å². The summed E-state index contributed by atoms with van der Waals surface area (Å²) in [5.74, 6) is 0.840. The van der Waals surface area contributed by atoms with E-state index in [4.69, 9.17) is 0 Å². The first-order valence-corrected chi connectivity index (χ1v) is 4.53. The second-order valence-electron chi connectivity index (χ2n) is 3.85. The van der Waals surface area contributed by atoms with E-state index < -0.39 is 0 Å². The van der Waals surface area contributed by atoms with E-state index in [0.717, 1.165) is 5.92 Å². The molecule has 62 valence electrons. The third kappa shape index (κ3) is 2.92. The second kappa shape index (κ2) is 3.75.